The van der Waals surface area contributed by atoms with E-state index in [1.165, 1.54) is 16.7 Å². The van der Waals surface area contributed by atoms with E-state index in [1.54, 1.807) is 0 Å². The average molecular weight is 377 g/mol. The van der Waals surface area contributed by atoms with Gasteiger partial charge in [0.2, 0.25) is 11.8 Å². The Hall–Kier alpha value is -2.66. The summed E-state index contributed by atoms with van der Waals surface area (Å²) in [6.45, 7) is 4.13. The third kappa shape index (κ3) is 4.25. The number of hydrogen-bond acceptors (Lipinski definition) is 3. The van der Waals surface area contributed by atoms with Crippen molar-refractivity contribution in [1.82, 2.24) is 15.5 Å². The molecule has 5 heteroatoms. The molecule has 4 rings (SSSR count). The first kappa shape index (κ1) is 18.7. The zero-order valence-corrected chi connectivity index (χ0v) is 16.3. The minimum atomic E-state index is -0.418. The Labute approximate surface area is 166 Å². The monoisotopic (exact) mass is 377 g/mol. The lowest BCUT2D eigenvalue weighted by Gasteiger charge is -2.35. The summed E-state index contributed by atoms with van der Waals surface area (Å²) in [7, 11) is 0. The number of nitrogens with zero attached hydrogens (tertiary/aromatic N) is 1. The molecule has 1 aliphatic carbocycles. The second-order valence-electron chi connectivity index (χ2n) is 7.91. The Balaban J connectivity index is 1.37. The molecule has 146 valence electrons. The summed E-state index contributed by atoms with van der Waals surface area (Å²) in [5.41, 5.74) is 5.00. The van der Waals surface area contributed by atoms with Crippen molar-refractivity contribution in [3.63, 3.8) is 0 Å². The molecular weight excluding hydrogens is 350 g/mol. The highest BCUT2D eigenvalue weighted by atomic mass is 16.2. The average Bonchev–Trinajstić information content (AvgIpc) is 3.08. The lowest BCUT2D eigenvalue weighted by molar-refractivity contribution is -0.134. The molecule has 2 aliphatic rings. The van der Waals surface area contributed by atoms with Gasteiger partial charge in [0, 0.05) is 25.7 Å². The van der Waals surface area contributed by atoms with Crippen molar-refractivity contribution in [2.75, 3.05) is 13.1 Å². The number of piperazine rings is 1. The molecule has 0 spiro atoms. The van der Waals surface area contributed by atoms with Gasteiger partial charge in [-0.1, -0.05) is 54.1 Å². The number of carbonyl (C=O) groups is 2. The van der Waals surface area contributed by atoms with Gasteiger partial charge < -0.3 is 10.6 Å². The lowest BCUT2D eigenvalue weighted by atomic mass is 10.1. The molecule has 2 N–H and O–H groups in total. The molecule has 1 fully saturated rings. The Kier molecular flexibility index (Phi) is 5.44. The van der Waals surface area contributed by atoms with Gasteiger partial charge in [0.1, 0.15) is 0 Å². The van der Waals surface area contributed by atoms with Crippen LogP contribution in [0.15, 0.2) is 48.5 Å². The van der Waals surface area contributed by atoms with Crippen LogP contribution >= 0.6 is 0 Å². The van der Waals surface area contributed by atoms with Crippen LogP contribution in [0.4, 0.5) is 0 Å². The second kappa shape index (κ2) is 8.15. The van der Waals surface area contributed by atoms with Gasteiger partial charge in [0.15, 0.2) is 0 Å². The Morgan fingerprint density at radius 3 is 2.46 bits per heavy atom. The van der Waals surface area contributed by atoms with Crippen molar-refractivity contribution < 1.29 is 9.59 Å². The zero-order chi connectivity index (χ0) is 19.5. The van der Waals surface area contributed by atoms with Crippen LogP contribution in [0.5, 0.6) is 0 Å². The fourth-order valence-corrected chi connectivity index (χ4v) is 4.22. The predicted octanol–water partition coefficient (Wildman–Crippen LogP) is 1.97. The first-order valence-corrected chi connectivity index (χ1v) is 10.0. The Bertz CT molecular complexity index is 837. The molecule has 1 unspecified atom stereocenters. The molecule has 0 aromatic heterocycles. The number of hydrogen-bond donors (Lipinski definition) is 2. The summed E-state index contributed by atoms with van der Waals surface area (Å²) in [5, 5.41) is 6.05. The van der Waals surface area contributed by atoms with Crippen molar-refractivity contribution in [1.29, 1.82) is 0 Å². The minimum absolute atomic E-state index is 0.0474. The van der Waals surface area contributed by atoms with Gasteiger partial charge in [0.05, 0.1) is 12.5 Å². The van der Waals surface area contributed by atoms with E-state index in [4.69, 9.17) is 0 Å². The fourth-order valence-electron chi connectivity index (χ4n) is 4.22. The van der Waals surface area contributed by atoms with Crippen LogP contribution in [-0.4, -0.2) is 41.9 Å². The summed E-state index contributed by atoms with van der Waals surface area (Å²) in [4.78, 5) is 27.3. The maximum atomic E-state index is 12.7. The van der Waals surface area contributed by atoms with Gasteiger partial charge in [-0.25, -0.2) is 0 Å². The molecule has 0 bridgehead atoms. The molecular formula is C23H27N3O2. The van der Waals surface area contributed by atoms with Crippen LogP contribution in [0.2, 0.25) is 0 Å². The molecule has 0 radical (unpaired) electrons. The summed E-state index contributed by atoms with van der Waals surface area (Å²) in [5.74, 6) is -0.100. The van der Waals surface area contributed by atoms with Gasteiger partial charge in [-0.05, 0) is 36.5 Å². The molecule has 28 heavy (non-hydrogen) atoms. The lowest BCUT2D eigenvalue weighted by Crippen LogP contribution is -2.56. The maximum absolute atomic E-state index is 12.7. The molecule has 1 saturated heterocycles. The summed E-state index contributed by atoms with van der Waals surface area (Å²) >= 11 is 0. The summed E-state index contributed by atoms with van der Waals surface area (Å²) < 4.78 is 0. The number of aryl methyl sites for hydroxylation is 1. The number of carbonyl (C=O) groups excluding carboxylic acids is 2. The number of amides is 2. The molecule has 0 saturated carbocycles. The Morgan fingerprint density at radius 2 is 1.79 bits per heavy atom. The molecule has 1 atom stereocenters. The third-order valence-electron chi connectivity index (χ3n) is 5.74. The van der Waals surface area contributed by atoms with Crippen LogP contribution < -0.4 is 10.6 Å². The zero-order valence-electron chi connectivity index (χ0n) is 16.3. The van der Waals surface area contributed by atoms with E-state index in [-0.39, 0.29) is 24.3 Å². The summed E-state index contributed by atoms with van der Waals surface area (Å²) in [6.07, 6.45) is 1.93. The molecule has 5 nitrogen and oxygen atoms in total. The van der Waals surface area contributed by atoms with E-state index < -0.39 is 6.04 Å². The van der Waals surface area contributed by atoms with Crippen LogP contribution in [-0.2, 0) is 29.0 Å². The molecule has 1 aliphatic heterocycles. The van der Waals surface area contributed by atoms with E-state index >= 15 is 0 Å². The molecule has 2 amide bonds. The number of nitrogens with one attached hydrogen (secondary N) is 2. The van der Waals surface area contributed by atoms with Gasteiger partial charge in [0.25, 0.3) is 0 Å². The van der Waals surface area contributed by atoms with Crippen molar-refractivity contribution in [3.8, 4) is 0 Å². The van der Waals surface area contributed by atoms with Crippen molar-refractivity contribution in [3.05, 3.63) is 70.8 Å². The van der Waals surface area contributed by atoms with Gasteiger partial charge in [-0.3, -0.25) is 14.5 Å². The van der Waals surface area contributed by atoms with E-state index in [2.05, 4.69) is 58.9 Å². The number of fused-ring (bicyclic) bond motifs is 1. The fraction of sp³-hybridized carbons (Fsp3) is 0.391. The van der Waals surface area contributed by atoms with Crippen LogP contribution in [0, 0.1) is 6.92 Å². The predicted molar refractivity (Wildman–Crippen MR) is 109 cm³/mol. The normalized spacial score (nSPS) is 19.9. The topological polar surface area (TPSA) is 61.4 Å². The first-order chi connectivity index (χ1) is 13.6. The molecule has 2 aromatic carbocycles. The maximum Gasteiger partial charge on any atom is 0.237 e. The van der Waals surface area contributed by atoms with Crippen LogP contribution in [0.25, 0.3) is 0 Å². The van der Waals surface area contributed by atoms with Crippen molar-refractivity contribution in [2.45, 2.75) is 44.8 Å². The van der Waals surface area contributed by atoms with Crippen molar-refractivity contribution >= 4 is 11.8 Å². The summed E-state index contributed by atoms with van der Waals surface area (Å²) in [6, 6.07) is 16.4. The minimum Gasteiger partial charge on any atom is -0.353 e. The number of benzene rings is 2. The highest BCUT2D eigenvalue weighted by Crippen LogP contribution is 2.22. The van der Waals surface area contributed by atoms with Gasteiger partial charge in [-0.2, -0.15) is 0 Å². The standard InChI is InChI=1S/C23H27N3O2/c1-16-6-8-17(9-7-16)15-26-11-10-24-23(28)21(26)14-22(27)25-20-12-18-4-2-3-5-19(18)13-20/h2-9,20-21H,10-15H2,1H3,(H,24,28)(H,25,27). The SMILES string of the molecule is Cc1ccc(CN2CCNC(=O)C2CC(=O)NC2Cc3ccccc3C2)cc1. The van der Waals surface area contributed by atoms with Crippen LogP contribution in [0.1, 0.15) is 28.7 Å². The van der Waals surface area contributed by atoms with E-state index in [0.29, 0.717) is 13.1 Å². The van der Waals surface area contributed by atoms with Gasteiger partial charge in [-0.15, -0.1) is 0 Å². The Morgan fingerprint density at radius 1 is 1.11 bits per heavy atom. The van der Waals surface area contributed by atoms with E-state index in [0.717, 1.165) is 24.9 Å². The molecule has 2 aromatic rings. The van der Waals surface area contributed by atoms with Crippen molar-refractivity contribution in [2.24, 2.45) is 0 Å². The van der Waals surface area contributed by atoms with E-state index in [1.807, 2.05) is 12.1 Å². The van der Waals surface area contributed by atoms with Gasteiger partial charge >= 0.3 is 0 Å². The van der Waals surface area contributed by atoms with Crippen LogP contribution in [0.3, 0.4) is 0 Å². The van der Waals surface area contributed by atoms with E-state index in [9.17, 15) is 9.59 Å². The third-order valence-corrected chi connectivity index (χ3v) is 5.74. The largest absolute Gasteiger partial charge is 0.353 e. The highest BCUT2D eigenvalue weighted by Gasteiger charge is 2.32. The first-order valence-electron chi connectivity index (χ1n) is 10.0. The quantitative estimate of drug-likeness (QED) is 0.838. The second-order valence-corrected chi connectivity index (χ2v) is 7.91. The smallest absolute Gasteiger partial charge is 0.237 e. The molecule has 1 heterocycles. The number of rotatable bonds is 5. The highest BCUT2D eigenvalue weighted by molar-refractivity contribution is 5.89.